The Morgan fingerprint density at radius 1 is 1.21 bits per heavy atom. The van der Waals surface area contributed by atoms with Crippen LogP contribution in [0.1, 0.15) is 36.7 Å². The lowest BCUT2D eigenvalue weighted by Gasteiger charge is -2.10. The van der Waals surface area contributed by atoms with Crippen molar-refractivity contribution in [2.45, 2.75) is 26.3 Å². The molecular weight excluding hydrogens is 383 g/mol. The van der Waals surface area contributed by atoms with Crippen LogP contribution in [0.3, 0.4) is 0 Å². The number of aromatic nitrogens is 2. The van der Waals surface area contributed by atoms with Crippen LogP contribution in [-0.2, 0) is 4.79 Å². The number of hydrogen-bond acceptors (Lipinski definition) is 3. The number of halogens is 2. The van der Waals surface area contributed by atoms with Gasteiger partial charge in [0, 0.05) is 24.6 Å². The number of carbonyl (C=O) groups is 2. The zero-order valence-electron chi connectivity index (χ0n) is 15.5. The molecule has 3 rings (SSSR count). The van der Waals surface area contributed by atoms with Crippen molar-refractivity contribution in [2.24, 2.45) is 0 Å². The van der Waals surface area contributed by atoms with Crippen LogP contribution in [0, 0.1) is 5.82 Å². The van der Waals surface area contributed by atoms with E-state index < -0.39 is 5.82 Å². The molecule has 0 aliphatic heterocycles. The van der Waals surface area contributed by atoms with Gasteiger partial charge in [0.15, 0.2) is 0 Å². The fourth-order valence-electron chi connectivity index (χ4n) is 2.87. The minimum absolute atomic E-state index is 0.0239. The van der Waals surface area contributed by atoms with E-state index in [1.807, 2.05) is 18.4 Å². The van der Waals surface area contributed by atoms with Gasteiger partial charge in [-0.3, -0.25) is 9.59 Å². The topological polar surface area (TPSA) is 76.0 Å². The van der Waals surface area contributed by atoms with E-state index in [0.717, 1.165) is 5.52 Å². The lowest BCUT2D eigenvalue weighted by molar-refractivity contribution is -0.116. The van der Waals surface area contributed by atoms with Crippen molar-refractivity contribution in [2.75, 3.05) is 11.9 Å². The molecule has 0 radical (unpaired) electrons. The molecule has 0 aliphatic rings. The van der Waals surface area contributed by atoms with Crippen LogP contribution in [-0.4, -0.2) is 27.9 Å². The second-order valence-electron chi connectivity index (χ2n) is 6.58. The first-order chi connectivity index (χ1) is 13.4. The van der Waals surface area contributed by atoms with E-state index in [9.17, 15) is 14.0 Å². The Morgan fingerprint density at radius 3 is 2.68 bits per heavy atom. The highest BCUT2D eigenvalue weighted by atomic mass is 35.5. The van der Waals surface area contributed by atoms with Gasteiger partial charge in [-0.05, 0) is 55.8 Å². The summed E-state index contributed by atoms with van der Waals surface area (Å²) in [6.45, 7) is 4.12. The number of fused-ring (bicyclic) bond motifs is 1. The van der Waals surface area contributed by atoms with Crippen LogP contribution >= 0.6 is 11.6 Å². The number of carbonyl (C=O) groups excluding carboxylic acids is 2. The van der Waals surface area contributed by atoms with E-state index in [1.165, 1.54) is 12.1 Å². The number of anilines is 1. The highest BCUT2D eigenvalue weighted by molar-refractivity contribution is 6.29. The molecule has 146 valence electrons. The molecule has 28 heavy (non-hydrogen) atoms. The van der Waals surface area contributed by atoms with Gasteiger partial charge in [0.1, 0.15) is 5.82 Å². The van der Waals surface area contributed by atoms with Crippen molar-refractivity contribution in [3.8, 4) is 0 Å². The molecule has 1 aromatic heterocycles. The molecule has 6 nitrogen and oxygen atoms in total. The molecule has 0 aliphatic carbocycles. The van der Waals surface area contributed by atoms with Gasteiger partial charge in [0.25, 0.3) is 5.91 Å². The van der Waals surface area contributed by atoms with E-state index in [1.54, 1.807) is 30.3 Å². The van der Waals surface area contributed by atoms with Gasteiger partial charge < -0.3 is 15.2 Å². The van der Waals surface area contributed by atoms with Crippen LogP contribution in [0.25, 0.3) is 11.0 Å². The summed E-state index contributed by atoms with van der Waals surface area (Å²) in [4.78, 5) is 28.5. The fourth-order valence-corrected chi connectivity index (χ4v) is 3.25. The molecule has 0 bridgehead atoms. The Kier molecular flexibility index (Phi) is 5.94. The Morgan fingerprint density at radius 2 is 1.96 bits per heavy atom. The third-order valence-corrected chi connectivity index (χ3v) is 4.48. The second kappa shape index (κ2) is 8.39. The molecule has 0 saturated heterocycles. The minimum Gasteiger partial charge on any atom is -0.352 e. The van der Waals surface area contributed by atoms with Crippen LogP contribution in [0.15, 0.2) is 42.5 Å². The monoisotopic (exact) mass is 402 g/mol. The largest absolute Gasteiger partial charge is 0.352 e. The molecule has 0 atom stereocenters. The average Bonchev–Trinajstić information content (AvgIpc) is 2.98. The number of benzene rings is 2. The number of nitrogens with one attached hydrogen (secondary N) is 2. The molecule has 1 heterocycles. The van der Waals surface area contributed by atoms with Crippen molar-refractivity contribution in [1.29, 1.82) is 0 Å². The van der Waals surface area contributed by atoms with Crippen molar-refractivity contribution < 1.29 is 14.0 Å². The van der Waals surface area contributed by atoms with Gasteiger partial charge in [-0.1, -0.05) is 12.1 Å². The number of para-hydroxylation sites is 1. The number of imidazole rings is 1. The maximum absolute atomic E-state index is 13.5. The zero-order chi connectivity index (χ0) is 20.3. The molecule has 0 unspecified atom stereocenters. The lowest BCUT2D eigenvalue weighted by Crippen LogP contribution is -2.27. The molecule has 2 aromatic carbocycles. The van der Waals surface area contributed by atoms with E-state index >= 15 is 0 Å². The average molecular weight is 403 g/mol. The number of rotatable bonds is 6. The predicted molar refractivity (Wildman–Crippen MR) is 107 cm³/mol. The number of nitrogens with zero attached hydrogens (tertiary/aromatic N) is 2. The summed E-state index contributed by atoms with van der Waals surface area (Å²) in [5.74, 6) is -1.22. The van der Waals surface area contributed by atoms with E-state index in [0.29, 0.717) is 16.4 Å². The molecule has 0 saturated carbocycles. The van der Waals surface area contributed by atoms with Crippen LogP contribution in [0.4, 0.5) is 10.1 Å². The van der Waals surface area contributed by atoms with Crippen LogP contribution in [0.5, 0.6) is 0 Å². The summed E-state index contributed by atoms with van der Waals surface area (Å²) < 4.78 is 15.4. The Balaban J connectivity index is 1.59. The smallest absolute Gasteiger partial charge is 0.251 e. The Labute approximate surface area is 166 Å². The van der Waals surface area contributed by atoms with Gasteiger partial charge in [-0.2, -0.15) is 0 Å². The molecule has 3 aromatic rings. The first-order valence-electron chi connectivity index (χ1n) is 8.87. The first-order valence-corrected chi connectivity index (χ1v) is 9.24. The Hall–Kier alpha value is -2.93. The third-order valence-electron chi connectivity index (χ3n) is 4.21. The van der Waals surface area contributed by atoms with Crippen molar-refractivity contribution in [3.63, 3.8) is 0 Å². The summed E-state index contributed by atoms with van der Waals surface area (Å²) in [5.41, 5.74) is 2.01. The van der Waals surface area contributed by atoms with E-state index in [4.69, 9.17) is 11.6 Å². The van der Waals surface area contributed by atoms with Crippen molar-refractivity contribution in [1.82, 2.24) is 14.9 Å². The third kappa shape index (κ3) is 4.31. The normalized spacial score (nSPS) is 11.0. The van der Waals surface area contributed by atoms with Gasteiger partial charge in [-0.15, -0.1) is 0 Å². The maximum atomic E-state index is 13.5. The summed E-state index contributed by atoms with van der Waals surface area (Å²) in [6, 6.07) is 11.2. The highest BCUT2D eigenvalue weighted by Crippen LogP contribution is 2.25. The van der Waals surface area contributed by atoms with Crippen molar-refractivity contribution in [3.05, 3.63) is 59.1 Å². The summed E-state index contributed by atoms with van der Waals surface area (Å²) >= 11 is 6.17. The van der Waals surface area contributed by atoms with Gasteiger partial charge in [0.05, 0.1) is 16.7 Å². The van der Waals surface area contributed by atoms with Gasteiger partial charge in [0.2, 0.25) is 11.2 Å². The van der Waals surface area contributed by atoms with E-state index in [2.05, 4.69) is 15.6 Å². The molecule has 8 heteroatoms. The standard InChI is InChI=1S/C20H20ClFN4O2/c1-12(2)26-17-8-7-13(11-16(17)25-20(26)21)19(28)23-10-9-18(27)24-15-6-4-3-5-14(15)22/h3-8,11-12H,9-10H2,1-2H3,(H,23,28)(H,24,27). The van der Waals surface area contributed by atoms with Gasteiger partial charge >= 0.3 is 0 Å². The second-order valence-corrected chi connectivity index (χ2v) is 6.92. The maximum Gasteiger partial charge on any atom is 0.251 e. The zero-order valence-corrected chi connectivity index (χ0v) is 16.3. The molecular formula is C20H20ClFN4O2. The Bertz CT molecular complexity index is 1030. The minimum atomic E-state index is -0.507. The fraction of sp³-hybridized carbons (Fsp3) is 0.250. The quantitative estimate of drug-likeness (QED) is 0.649. The van der Waals surface area contributed by atoms with E-state index in [-0.39, 0.29) is 36.5 Å². The highest BCUT2D eigenvalue weighted by Gasteiger charge is 2.14. The van der Waals surface area contributed by atoms with Crippen LogP contribution in [0.2, 0.25) is 5.28 Å². The number of hydrogen-bond donors (Lipinski definition) is 2. The summed E-state index contributed by atoms with van der Waals surface area (Å²) in [5, 5.41) is 5.52. The van der Waals surface area contributed by atoms with Crippen LogP contribution < -0.4 is 10.6 Å². The number of amides is 2. The van der Waals surface area contributed by atoms with Crippen molar-refractivity contribution >= 4 is 40.1 Å². The summed E-state index contributed by atoms with van der Waals surface area (Å²) in [6.07, 6.45) is 0.0239. The molecule has 0 spiro atoms. The SMILES string of the molecule is CC(C)n1c(Cl)nc2cc(C(=O)NCCC(=O)Nc3ccccc3F)ccc21. The molecule has 2 amide bonds. The molecule has 0 fully saturated rings. The predicted octanol–water partition coefficient (Wildman–Crippen LogP) is 4.17. The first kappa shape index (κ1) is 19.8. The lowest BCUT2D eigenvalue weighted by atomic mass is 10.2. The summed E-state index contributed by atoms with van der Waals surface area (Å²) in [7, 11) is 0. The molecule has 2 N–H and O–H groups in total. The van der Waals surface area contributed by atoms with Gasteiger partial charge in [-0.25, -0.2) is 9.37 Å².